The van der Waals surface area contributed by atoms with Crippen LogP contribution >= 0.6 is 0 Å². The number of benzene rings is 4. The number of hydrogen-bond donors (Lipinski definition) is 0. The molecule has 1 fully saturated rings. The Morgan fingerprint density at radius 2 is 0.911 bits per heavy atom. The summed E-state index contributed by atoms with van der Waals surface area (Å²) >= 11 is 0. The molecule has 4 aromatic rings. The van der Waals surface area contributed by atoms with Crippen molar-refractivity contribution in [3.63, 3.8) is 0 Å². The van der Waals surface area contributed by atoms with Crippen LogP contribution in [0.2, 0.25) is 0 Å². The number of nitrogens with zero attached hydrogens (tertiary/aromatic N) is 2. The average Bonchev–Trinajstić information content (AvgIpc) is 3.32. The summed E-state index contributed by atoms with van der Waals surface area (Å²) in [6, 6.07) is 25.1. The van der Waals surface area contributed by atoms with Gasteiger partial charge in [-0.3, -0.25) is 0 Å². The molecule has 1 aliphatic rings. The molecule has 8 nitrogen and oxygen atoms in total. The van der Waals surface area contributed by atoms with Crippen LogP contribution in [-0.4, -0.2) is 57.5 Å². The zero-order valence-corrected chi connectivity index (χ0v) is 28.2. The minimum Gasteiger partial charge on any atom is -0.229 e. The number of aryl methyl sites for hydroxylation is 4. The Hall–Kier alpha value is -3.35. The molecule has 0 amide bonds. The Kier molecular flexibility index (Phi) is 9.40. The first-order valence-corrected chi connectivity index (χ1v) is 19.4. The lowest BCUT2D eigenvalue weighted by Crippen LogP contribution is -2.54. The van der Waals surface area contributed by atoms with Crippen LogP contribution in [0.3, 0.4) is 0 Å². The molecule has 0 aromatic heterocycles. The van der Waals surface area contributed by atoms with E-state index in [1.54, 1.807) is 72.8 Å². The van der Waals surface area contributed by atoms with Crippen LogP contribution in [-0.2, 0) is 43.0 Å². The van der Waals surface area contributed by atoms with Gasteiger partial charge in [-0.1, -0.05) is 72.8 Å². The van der Waals surface area contributed by atoms with Crippen molar-refractivity contribution >= 4 is 29.9 Å². The van der Waals surface area contributed by atoms with E-state index in [0.717, 1.165) is 22.3 Å². The number of rotatable bonds is 10. The van der Waals surface area contributed by atoms with E-state index in [4.69, 9.17) is 0 Å². The van der Waals surface area contributed by atoms with Gasteiger partial charge in [-0.15, -0.1) is 0 Å². The van der Waals surface area contributed by atoms with E-state index in [0.29, 0.717) is 11.1 Å². The van der Waals surface area contributed by atoms with Gasteiger partial charge >= 0.3 is 0 Å². The summed E-state index contributed by atoms with van der Waals surface area (Å²) in [5, 5.41) is 0. The highest BCUT2D eigenvalue weighted by atomic mass is 32.2. The Labute approximate surface area is 267 Å². The smallest absolute Gasteiger partial charge is 0.229 e. The molecule has 0 saturated carbocycles. The van der Waals surface area contributed by atoms with Gasteiger partial charge in [0.15, 0.2) is 9.84 Å². The third kappa shape index (κ3) is 7.07. The fraction of sp³-hybridized carbons (Fsp3) is 0.294. The van der Waals surface area contributed by atoms with Crippen LogP contribution in [0.15, 0.2) is 107 Å². The van der Waals surface area contributed by atoms with Gasteiger partial charge in [-0.05, 0) is 85.3 Å². The first-order chi connectivity index (χ1) is 21.2. The second-order valence-electron chi connectivity index (χ2n) is 11.8. The molecular formula is C34H38N2O6S3. The van der Waals surface area contributed by atoms with Gasteiger partial charge in [0, 0.05) is 13.1 Å². The predicted octanol–water partition coefficient (Wildman–Crippen LogP) is 5.17. The maximum Gasteiger partial charge on any atom is 0.243 e. The predicted molar refractivity (Wildman–Crippen MR) is 176 cm³/mol. The summed E-state index contributed by atoms with van der Waals surface area (Å²) in [6.07, 6.45) is 0. The van der Waals surface area contributed by atoms with Crippen molar-refractivity contribution in [2.75, 3.05) is 11.5 Å². The quantitative estimate of drug-likeness (QED) is 0.231. The van der Waals surface area contributed by atoms with E-state index in [9.17, 15) is 25.3 Å². The van der Waals surface area contributed by atoms with Crippen molar-refractivity contribution in [1.82, 2.24) is 8.61 Å². The molecule has 11 heteroatoms. The highest BCUT2D eigenvalue weighted by Gasteiger charge is 2.50. The van der Waals surface area contributed by atoms with Gasteiger partial charge in [0.25, 0.3) is 0 Å². The molecule has 0 spiro atoms. The number of sulfone groups is 1. The molecule has 0 bridgehead atoms. The Morgan fingerprint density at radius 1 is 0.556 bits per heavy atom. The summed E-state index contributed by atoms with van der Waals surface area (Å²) in [5.74, 6) is -1.02. The number of hydrogen-bond acceptors (Lipinski definition) is 6. The highest BCUT2D eigenvalue weighted by molar-refractivity contribution is 7.92. The highest BCUT2D eigenvalue weighted by Crippen LogP contribution is 2.34. The minimum atomic E-state index is -4.29. The van der Waals surface area contributed by atoms with Gasteiger partial charge in [-0.2, -0.15) is 8.61 Å². The lowest BCUT2D eigenvalue weighted by molar-refractivity contribution is 0.219. The van der Waals surface area contributed by atoms with Crippen molar-refractivity contribution in [3.05, 3.63) is 130 Å². The van der Waals surface area contributed by atoms with Crippen LogP contribution in [0.1, 0.15) is 33.4 Å². The van der Waals surface area contributed by atoms with Crippen LogP contribution < -0.4 is 0 Å². The molecule has 238 valence electrons. The molecule has 0 radical (unpaired) electrons. The molecule has 1 saturated heterocycles. The van der Waals surface area contributed by atoms with Crippen LogP contribution in [0.25, 0.3) is 0 Å². The molecule has 0 unspecified atom stereocenters. The molecule has 5 rings (SSSR count). The summed E-state index contributed by atoms with van der Waals surface area (Å²) in [5.41, 5.74) is 4.68. The van der Waals surface area contributed by atoms with Crippen LogP contribution in [0, 0.1) is 27.7 Å². The second kappa shape index (κ2) is 12.8. The van der Waals surface area contributed by atoms with Crippen molar-refractivity contribution in [2.24, 2.45) is 0 Å². The average molecular weight is 667 g/mol. The normalized spacial score (nSPS) is 18.4. The number of sulfonamides is 2. The molecular weight excluding hydrogens is 629 g/mol. The van der Waals surface area contributed by atoms with Crippen molar-refractivity contribution < 1.29 is 25.3 Å². The van der Waals surface area contributed by atoms with E-state index in [2.05, 4.69) is 0 Å². The zero-order chi connectivity index (χ0) is 32.6. The zero-order valence-electron chi connectivity index (χ0n) is 25.8. The van der Waals surface area contributed by atoms with Gasteiger partial charge in [0.05, 0.1) is 33.4 Å². The monoisotopic (exact) mass is 666 g/mol. The lowest BCUT2D eigenvalue weighted by atomic mass is 10.1. The molecule has 1 heterocycles. The van der Waals surface area contributed by atoms with Gasteiger partial charge in [-0.25, -0.2) is 25.3 Å². The van der Waals surface area contributed by atoms with Gasteiger partial charge < -0.3 is 0 Å². The van der Waals surface area contributed by atoms with Crippen LogP contribution in [0.4, 0.5) is 0 Å². The van der Waals surface area contributed by atoms with E-state index < -0.39 is 53.5 Å². The summed E-state index contributed by atoms with van der Waals surface area (Å²) in [7, 11) is -12.4. The van der Waals surface area contributed by atoms with Crippen LogP contribution in [0.5, 0.6) is 0 Å². The fourth-order valence-corrected chi connectivity index (χ4v) is 11.3. The Bertz CT molecular complexity index is 1870. The summed E-state index contributed by atoms with van der Waals surface area (Å²) in [6.45, 7) is 7.14. The maximum atomic E-state index is 14.5. The van der Waals surface area contributed by atoms with E-state index in [1.165, 1.54) is 20.7 Å². The first-order valence-electron chi connectivity index (χ1n) is 14.7. The largest absolute Gasteiger partial charge is 0.243 e. The molecule has 0 N–H and O–H groups in total. The molecule has 45 heavy (non-hydrogen) atoms. The topological polar surface area (TPSA) is 109 Å². The van der Waals surface area contributed by atoms with Crippen molar-refractivity contribution in [2.45, 2.75) is 62.7 Å². The molecule has 4 aromatic carbocycles. The van der Waals surface area contributed by atoms with Gasteiger partial charge in [0.2, 0.25) is 20.0 Å². The fourth-order valence-electron chi connectivity index (χ4n) is 5.67. The second-order valence-corrected chi connectivity index (χ2v) is 17.7. The summed E-state index contributed by atoms with van der Waals surface area (Å²) in [4.78, 5) is 0.0485. The molecule has 2 atom stereocenters. The van der Waals surface area contributed by atoms with E-state index in [-0.39, 0.29) is 22.9 Å². The van der Waals surface area contributed by atoms with Crippen molar-refractivity contribution in [1.29, 1.82) is 0 Å². The lowest BCUT2D eigenvalue weighted by Gasteiger charge is -2.37. The summed E-state index contributed by atoms with van der Waals surface area (Å²) < 4.78 is 87.2. The molecule has 1 aliphatic heterocycles. The third-order valence-electron chi connectivity index (χ3n) is 8.57. The maximum absolute atomic E-state index is 14.5. The first kappa shape index (κ1) is 33.0. The standard InChI is InChI=1S/C34H38N2O6S3/c1-25-15-17-31(19-27(25)3)44(39,40)35(21-29-11-7-5-8-12-29)33-23-43(37,38)24-34(33)36(22-30-13-9-6-10-14-30)45(41,42)32-18-16-26(2)28(4)20-32/h5-20,33-34H,21-24H2,1-4H3/t33-,34+. The Balaban J connectivity index is 1.69. The minimum absolute atomic E-state index is 0.0243. The van der Waals surface area contributed by atoms with E-state index >= 15 is 0 Å². The van der Waals surface area contributed by atoms with E-state index in [1.807, 2.05) is 39.8 Å². The molecule has 0 aliphatic carbocycles. The third-order valence-corrected chi connectivity index (χ3v) is 14.0. The SMILES string of the molecule is Cc1ccc(S(=O)(=O)N(Cc2ccccc2)[C@@H]2CS(=O)(=O)C[C@@H]2N(Cc2ccccc2)S(=O)(=O)c2ccc(C)c(C)c2)cc1C. The van der Waals surface area contributed by atoms with Crippen molar-refractivity contribution in [3.8, 4) is 0 Å². The van der Waals surface area contributed by atoms with Gasteiger partial charge in [0.1, 0.15) is 0 Å². The Morgan fingerprint density at radius 3 is 1.24 bits per heavy atom.